The molecule has 1 aliphatic rings. The highest BCUT2D eigenvalue weighted by Crippen LogP contribution is 2.32. The Bertz CT molecular complexity index is 985. The molecule has 27 heavy (non-hydrogen) atoms. The predicted octanol–water partition coefficient (Wildman–Crippen LogP) is 1.75. The van der Waals surface area contributed by atoms with Crippen LogP contribution in [0.3, 0.4) is 0 Å². The zero-order valence-electron chi connectivity index (χ0n) is 14.4. The van der Waals surface area contributed by atoms with E-state index in [0.717, 1.165) is 0 Å². The molecule has 0 radical (unpaired) electrons. The molecule has 1 heterocycles. The molecule has 0 aromatic heterocycles. The minimum atomic E-state index is -3.70. The van der Waals surface area contributed by atoms with Crippen LogP contribution in [0, 0.1) is 0 Å². The average Bonchev–Trinajstić information content (AvgIpc) is 3.13. The van der Waals surface area contributed by atoms with Crippen molar-refractivity contribution in [3.05, 3.63) is 53.6 Å². The Morgan fingerprint density at radius 1 is 1.07 bits per heavy atom. The zero-order valence-corrected chi connectivity index (χ0v) is 15.2. The SMILES string of the molecule is CCNS(=O)(=O)c1cccc(C(=O)OCC(=O)c2ccc3c(c2)OCO3)c1. The highest BCUT2D eigenvalue weighted by atomic mass is 32.2. The van der Waals surface area contributed by atoms with E-state index < -0.39 is 28.4 Å². The molecule has 0 unspecified atom stereocenters. The Labute approximate surface area is 156 Å². The van der Waals surface area contributed by atoms with E-state index in [9.17, 15) is 18.0 Å². The van der Waals surface area contributed by atoms with Crippen molar-refractivity contribution >= 4 is 21.8 Å². The number of carbonyl (C=O) groups excluding carboxylic acids is 2. The Balaban J connectivity index is 1.66. The normalized spacial score (nSPS) is 12.6. The maximum atomic E-state index is 12.2. The number of nitrogens with one attached hydrogen (secondary N) is 1. The number of rotatable bonds is 7. The predicted molar refractivity (Wildman–Crippen MR) is 94.5 cm³/mol. The lowest BCUT2D eigenvalue weighted by Gasteiger charge is -2.08. The van der Waals surface area contributed by atoms with Crippen LogP contribution in [0.15, 0.2) is 47.4 Å². The van der Waals surface area contributed by atoms with Gasteiger partial charge in [0.2, 0.25) is 16.8 Å². The highest BCUT2D eigenvalue weighted by Gasteiger charge is 2.19. The van der Waals surface area contributed by atoms with Crippen LogP contribution in [0.1, 0.15) is 27.6 Å². The van der Waals surface area contributed by atoms with E-state index in [1.54, 1.807) is 19.1 Å². The third-order valence-electron chi connectivity index (χ3n) is 3.74. The van der Waals surface area contributed by atoms with Gasteiger partial charge in [0.25, 0.3) is 0 Å². The van der Waals surface area contributed by atoms with Gasteiger partial charge < -0.3 is 14.2 Å². The molecular formula is C18H17NO7S. The Kier molecular flexibility index (Phi) is 5.43. The van der Waals surface area contributed by atoms with Gasteiger partial charge in [-0.1, -0.05) is 13.0 Å². The van der Waals surface area contributed by atoms with Crippen molar-refractivity contribution in [2.75, 3.05) is 19.9 Å². The summed E-state index contributed by atoms with van der Waals surface area (Å²) >= 11 is 0. The molecule has 0 fully saturated rings. The van der Waals surface area contributed by atoms with Crippen molar-refractivity contribution in [2.24, 2.45) is 0 Å². The van der Waals surface area contributed by atoms with Crippen molar-refractivity contribution in [1.29, 1.82) is 0 Å². The lowest BCUT2D eigenvalue weighted by molar-refractivity contribution is 0.0474. The molecule has 9 heteroatoms. The monoisotopic (exact) mass is 391 g/mol. The topological polar surface area (TPSA) is 108 Å². The van der Waals surface area contributed by atoms with E-state index >= 15 is 0 Å². The second kappa shape index (κ2) is 7.77. The first-order chi connectivity index (χ1) is 12.9. The summed E-state index contributed by atoms with van der Waals surface area (Å²) < 4.78 is 41.8. The quantitative estimate of drug-likeness (QED) is 0.566. The summed E-state index contributed by atoms with van der Waals surface area (Å²) in [6.07, 6.45) is 0. The van der Waals surface area contributed by atoms with Crippen LogP contribution in [-0.4, -0.2) is 40.1 Å². The minimum absolute atomic E-state index is 0.0347. The Morgan fingerprint density at radius 3 is 2.63 bits per heavy atom. The minimum Gasteiger partial charge on any atom is -0.454 e. The standard InChI is InChI=1S/C18H17NO7S/c1-2-19-27(22,23)14-5-3-4-13(8-14)18(21)24-10-15(20)12-6-7-16-17(9-12)26-11-25-16/h3-9,19H,2,10-11H2,1H3. The first-order valence-corrected chi connectivity index (χ1v) is 9.59. The molecule has 0 amide bonds. The van der Waals surface area contributed by atoms with E-state index in [1.807, 2.05) is 0 Å². The largest absolute Gasteiger partial charge is 0.454 e. The Hall–Kier alpha value is -2.91. The smallest absolute Gasteiger partial charge is 0.338 e. The highest BCUT2D eigenvalue weighted by molar-refractivity contribution is 7.89. The van der Waals surface area contributed by atoms with Crippen LogP contribution < -0.4 is 14.2 Å². The van der Waals surface area contributed by atoms with Crippen LogP contribution >= 0.6 is 0 Å². The third kappa shape index (κ3) is 4.26. The van der Waals surface area contributed by atoms with Crippen LogP contribution in [0.2, 0.25) is 0 Å². The van der Waals surface area contributed by atoms with Crippen LogP contribution in [0.25, 0.3) is 0 Å². The number of carbonyl (C=O) groups is 2. The molecule has 0 bridgehead atoms. The number of ketones is 1. The number of fused-ring (bicyclic) bond motifs is 1. The lowest BCUT2D eigenvalue weighted by atomic mass is 10.1. The van der Waals surface area contributed by atoms with E-state index in [0.29, 0.717) is 17.1 Å². The molecule has 1 N–H and O–H groups in total. The fourth-order valence-corrected chi connectivity index (χ4v) is 3.52. The second-order valence-corrected chi connectivity index (χ2v) is 7.36. The number of sulfonamides is 1. The molecular weight excluding hydrogens is 374 g/mol. The van der Waals surface area contributed by atoms with Gasteiger partial charge >= 0.3 is 5.97 Å². The van der Waals surface area contributed by atoms with Gasteiger partial charge in [-0.05, 0) is 36.4 Å². The molecule has 2 aromatic rings. The second-order valence-electron chi connectivity index (χ2n) is 5.60. The van der Waals surface area contributed by atoms with Crippen LogP contribution in [0.5, 0.6) is 11.5 Å². The fourth-order valence-electron chi connectivity index (χ4n) is 2.43. The maximum Gasteiger partial charge on any atom is 0.338 e. The van der Waals surface area contributed by atoms with Gasteiger partial charge in [0.1, 0.15) is 0 Å². The van der Waals surface area contributed by atoms with E-state index in [2.05, 4.69) is 4.72 Å². The maximum absolute atomic E-state index is 12.2. The Morgan fingerprint density at radius 2 is 1.85 bits per heavy atom. The van der Waals surface area contributed by atoms with Gasteiger partial charge in [-0.15, -0.1) is 0 Å². The third-order valence-corrected chi connectivity index (χ3v) is 5.29. The van der Waals surface area contributed by atoms with Crippen LogP contribution in [0.4, 0.5) is 0 Å². The van der Waals surface area contributed by atoms with Crippen molar-refractivity contribution in [3.8, 4) is 11.5 Å². The number of esters is 1. The van der Waals surface area contributed by atoms with Crippen molar-refractivity contribution < 1.29 is 32.2 Å². The van der Waals surface area contributed by atoms with Gasteiger partial charge in [0.15, 0.2) is 23.9 Å². The zero-order chi connectivity index (χ0) is 19.4. The van der Waals surface area contributed by atoms with E-state index in [4.69, 9.17) is 14.2 Å². The summed E-state index contributed by atoms with van der Waals surface area (Å²) in [7, 11) is -3.70. The summed E-state index contributed by atoms with van der Waals surface area (Å²) in [4.78, 5) is 24.3. The number of ether oxygens (including phenoxy) is 3. The molecule has 0 saturated heterocycles. The number of hydrogen-bond acceptors (Lipinski definition) is 7. The van der Waals surface area contributed by atoms with Crippen molar-refractivity contribution in [1.82, 2.24) is 4.72 Å². The lowest BCUT2D eigenvalue weighted by Crippen LogP contribution is -2.23. The number of Topliss-reactive ketones (excluding diaryl/α,β-unsaturated/α-hetero) is 1. The van der Waals surface area contributed by atoms with E-state index in [-0.39, 0.29) is 23.8 Å². The molecule has 2 aromatic carbocycles. The molecule has 3 rings (SSSR count). The van der Waals surface area contributed by atoms with Gasteiger partial charge in [-0.3, -0.25) is 4.79 Å². The molecule has 8 nitrogen and oxygen atoms in total. The average molecular weight is 391 g/mol. The molecule has 1 aliphatic heterocycles. The van der Waals surface area contributed by atoms with Gasteiger partial charge in [0.05, 0.1) is 10.5 Å². The fraction of sp³-hybridized carbons (Fsp3) is 0.222. The summed E-state index contributed by atoms with van der Waals surface area (Å²) in [5, 5.41) is 0. The van der Waals surface area contributed by atoms with Crippen LogP contribution in [-0.2, 0) is 14.8 Å². The molecule has 0 saturated carbocycles. The van der Waals surface area contributed by atoms with Crippen molar-refractivity contribution in [2.45, 2.75) is 11.8 Å². The number of benzene rings is 2. The van der Waals surface area contributed by atoms with Crippen molar-refractivity contribution in [3.63, 3.8) is 0 Å². The molecule has 0 atom stereocenters. The van der Waals surface area contributed by atoms with E-state index in [1.165, 1.54) is 30.3 Å². The molecule has 0 spiro atoms. The first kappa shape index (κ1) is 18.9. The van der Waals surface area contributed by atoms with Gasteiger partial charge in [-0.25, -0.2) is 17.9 Å². The molecule has 142 valence electrons. The first-order valence-electron chi connectivity index (χ1n) is 8.10. The van der Waals surface area contributed by atoms with Gasteiger partial charge in [0, 0.05) is 12.1 Å². The summed E-state index contributed by atoms with van der Waals surface area (Å²) in [6.45, 7) is 1.48. The molecule has 0 aliphatic carbocycles. The van der Waals surface area contributed by atoms with Gasteiger partial charge in [-0.2, -0.15) is 0 Å². The summed E-state index contributed by atoms with van der Waals surface area (Å²) in [6, 6.07) is 10.1. The summed E-state index contributed by atoms with van der Waals surface area (Å²) in [5.74, 6) is -0.216. The summed E-state index contributed by atoms with van der Waals surface area (Å²) in [5.41, 5.74) is 0.350. The number of hydrogen-bond donors (Lipinski definition) is 1.